The predicted molar refractivity (Wildman–Crippen MR) is 124 cm³/mol. The van der Waals surface area contributed by atoms with E-state index >= 15 is 0 Å². The molecule has 1 heterocycles. The van der Waals surface area contributed by atoms with E-state index < -0.39 is 17.8 Å². The quantitative estimate of drug-likeness (QED) is 0.405. The van der Waals surface area contributed by atoms with Gasteiger partial charge in [-0.05, 0) is 42.8 Å². The van der Waals surface area contributed by atoms with Crippen LogP contribution in [-0.4, -0.2) is 24.9 Å². The van der Waals surface area contributed by atoms with Gasteiger partial charge in [0.25, 0.3) is 11.8 Å². The maximum atomic E-state index is 12.9. The van der Waals surface area contributed by atoms with Crippen LogP contribution in [0.5, 0.6) is 0 Å². The Kier molecular flexibility index (Phi) is 7.23. The highest BCUT2D eigenvalue weighted by atomic mass is 35.5. The lowest BCUT2D eigenvalue weighted by atomic mass is 10.1. The van der Waals surface area contributed by atoms with Crippen LogP contribution in [0.1, 0.15) is 36.0 Å². The molecule has 6 nitrogen and oxygen atoms in total. The number of benzene rings is 2. The van der Waals surface area contributed by atoms with Crippen molar-refractivity contribution in [3.8, 4) is 0 Å². The van der Waals surface area contributed by atoms with Gasteiger partial charge in [0.15, 0.2) is 0 Å². The molecule has 31 heavy (non-hydrogen) atoms. The second kappa shape index (κ2) is 9.70. The van der Waals surface area contributed by atoms with Crippen LogP contribution < -0.4 is 10.6 Å². The summed E-state index contributed by atoms with van der Waals surface area (Å²) in [6.07, 6.45) is 0. The first-order valence-electron chi connectivity index (χ1n) is 8.77. The number of methoxy groups -OCH3 is 1. The van der Waals surface area contributed by atoms with E-state index in [1.165, 1.54) is 13.2 Å². The molecule has 0 aliphatic carbocycles. The Labute approximate surface area is 197 Å². The third-order valence-electron chi connectivity index (χ3n) is 4.26. The second-order valence-corrected chi connectivity index (χ2v) is 8.54. The molecular formula is C21H15Cl3N2O4S. The Morgan fingerprint density at radius 3 is 2.32 bits per heavy atom. The van der Waals surface area contributed by atoms with E-state index in [1.807, 2.05) is 0 Å². The number of carbonyl (C=O) groups excluding carboxylic acids is 3. The molecule has 2 aromatic carbocycles. The van der Waals surface area contributed by atoms with Gasteiger partial charge in [-0.2, -0.15) is 0 Å². The molecule has 0 aliphatic heterocycles. The fraction of sp³-hybridized carbons (Fsp3) is 0.0952. The van der Waals surface area contributed by atoms with Crippen LogP contribution in [0.25, 0.3) is 0 Å². The summed E-state index contributed by atoms with van der Waals surface area (Å²) in [6.45, 7) is 1.59. The van der Waals surface area contributed by atoms with E-state index in [-0.39, 0.29) is 26.0 Å². The molecule has 0 fully saturated rings. The first-order valence-corrected chi connectivity index (χ1v) is 10.7. The first-order chi connectivity index (χ1) is 14.7. The molecular weight excluding hydrogens is 483 g/mol. The maximum absolute atomic E-state index is 12.9. The van der Waals surface area contributed by atoms with E-state index in [0.29, 0.717) is 21.3 Å². The van der Waals surface area contributed by atoms with Crippen molar-refractivity contribution in [1.29, 1.82) is 0 Å². The highest BCUT2D eigenvalue weighted by molar-refractivity contribution is 7.19. The molecule has 0 saturated heterocycles. The van der Waals surface area contributed by atoms with Crippen LogP contribution >= 0.6 is 46.1 Å². The zero-order valence-corrected chi connectivity index (χ0v) is 19.3. The van der Waals surface area contributed by atoms with Crippen molar-refractivity contribution in [3.05, 3.63) is 79.1 Å². The lowest BCUT2D eigenvalue weighted by Crippen LogP contribution is -2.15. The number of hydrogen-bond acceptors (Lipinski definition) is 5. The van der Waals surface area contributed by atoms with Crippen LogP contribution in [0.15, 0.2) is 42.5 Å². The highest BCUT2D eigenvalue weighted by Gasteiger charge is 2.27. The summed E-state index contributed by atoms with van der Waals surface area (Å²) in [5.74, 6) is -1.74. The number of anilines is 2. The number of hydrogen-bond donors (Lipinski definition) is 2. The molecule has 0 spiro atoms. The van der Waals surface area contributed by atoms with Crippen LogP contribution in [0.3, 0.4) is 0 Å². The molecule has 2 amide bonds. The van der Waals surface area contributed by atoms with Crippen molar-refractivity contribution in [1.82, 2.24) is 0 Å². The van der Waals surface area contributed by atoms with Crippen LogP contribution in [0, 0.1) is 6.92 Å². The van der Waals surface area contributed by atoms with Gasteiger partial charge in [-0.1, -0.05) is 46.9 Å². The van der Waals surface area contributed by atoms with E-state index in [2.05, 4.69) is 10.6 Å². The number of halogens is 3. The van der Waals surface area contributed by atoms with Gasteiger partial charge in [-0.3, -0.25) is 9.59 Å². The number of ether oxygens (including phenoxy) is 1. The minimum Gasteiger partial charge on any atom is -0.465 e. The molecule has 3 rings (SSSR count). The van der Waals surface area contributed by atoms with Crippen LogP contribution in [0.2, 0.25) is 15.1 Å². The van der Waals surface area contributed by atoms with Crippen LogP contribution in [0.4, 0.5) is 10.7 Å². The number of esters is 1. The van der Waals surface area contributed by atoms with Crippen molar-refractivity contribution in [2.75, 3.05) is 17.7 Å². The lowest BCUT2D eigenvalue weighted by molar-refractivity contribution is 0.0601. The van der Waals surface area contributed by atoms with Crippen molar-refractivity contribution >= 4 is 74.6 Å². The molecule has 0 saturated carbocycles. The number of thiophene rings is 1. The molecule has 10 heteroatoms. The fourth-order valence-corrected chi connectivity index (χ4v) is 4.40. The average Bonchev–Trinajstić information content (AvgIpc) is 3.06. The summed E-state index contributed by atoms with van der Waals surface area (Å²) in [6, 6.07) is 11.1. The molecule has 0 atom stereocenters. The third-order valence-corrected chi connectivity index (χ3v) is 6.36. The number of nitrogens with one attached hydrogen (secondary N) is 2. The summed E-state index contributed by atoms with van der Waals surface area (Å²) in [4.78, 5) is 38.2. The summed E-state index contributed by atoms with van der Waals surface area (Å²) < 4.78 is 4.84. The Morgan fingerprint density at radius 1 is 0.935 bits per heavy atom. The zero-order chi connectivity index (χ0) is 22.7. The van der Waals surface area contributed by atoms with Gasteiger partial charge >= 0.3 is 5.97 Å². The van der Waals surface area contributed by atoms with Gasteiger partial charge in [0.1, 0.15) is 5.00 Å². The number of carbonyl (C=O) groups is 3. The normalized spacial score (nSPS) is 10.5. The van der Waals surface area contributed by atoms with Gasteiger partial charge in [-0.25, -0.2) is 4.79 Å². The van der Waals surface area contributed by atoms with Crippen LogP contribution in [-0.2, 0) is 4.74 Å². The molecule has 0 unspecified atom stereocenters. The van der Waals surface area contributed by atoms with Gasteiger partial charge in [0, 0.05) is 5.02 Å². The number of amides is 2. The van der Waals surface area contributed by atoms with E-state index in [0.717, 1.165) is 11.3 Å². The van der Waals surface area contributed by atoms with Crippen molar-refractivity contribution < 1.29 is 19.1 Å². The zero-order valence-electron chi connectivity index (χ0n) is 16.2. The number of rotatable bonds is 5. The monoisotopic (exact) mass is 496 g/mol. The summed E-state index contributed by atoms with van der Waals surface area (Å²) in [7, 11) is 1.21. The topological polar surface area (TPSA) is 84.5 Å². The SMILES string of the molecule is COC(=O)c1c(NC(=O)c2ccccc2Cl)sc(C(=O)Nc2cc(Cl)ccc2Cl)c1C. The van der Waals surface area contributed by atoms with Gasteiger partial charge in [0.2, 0.25) is 0 Å². The maximum Gasteiger partial charge on any atom is 0.341 e. The lowest BCUT2D eigenvalue weighted by Gasteiger charge is -2.07. The van der Waals surface area contributed by atoms with Gasteiger partial charge < -0.3 is 15.4 Å². The Hall–Kier alpha value is -2.58. The minimum atomic E-state index is -0.692. The minimum absolute atomic E-state index is 0.0789. The standard InChI is InChI=1S/C21H15Cl3N2O4S/c1-10-16(21(29)30-2)20(26-18(27)12-5-3-4-6-13(12)23)31-17(10)19(28)25-15-9-11(22)7-8-14(15)24/h3-9H,1-2H3,(H,25,28)(H,26,27). The van der Waals surface area contributed by atoms with Gasteiger partial charge in [-0.15, -0.1) is 11.3 Å². The smallest absolute Gasteiger partial charge is 0.341 e. The average molecular weight is 498 g/mol. The van der Waals surface area contributed by atoms with E-state index in [9.17, 15) is 14.4 Å². The molecule has 1 aromatic heterocycles. The molecule has 0 bridgehead atoms. The fourth-order valence-electron chi connectivity index (χ4n) is 2.75. The van der Waals surface area contributed by atoms with E-state index in [1.54, 1.807) is 43.3 Å². The Morgan fingerprint density at radius 2 is 1.65 bits per heavy atom. The molecule has 0 radical (unpaired) electrons. The van der Waals surface area contributed by atoms with Crippen molar-refractivity contribution in [3.63, 3.8) is 0 Å². The molecule has 2 N–H and O–H groups in total. The summed E-state index contributed by atoms with van der Waals surface area (Å²) >= 11 is 19.1. The predicted octanol–water partition coefficient (Wildman–Crippen LogP) is 6.31. The molecule has 0 aliphatic rings. The Balaban J connectivity index is 1.97. The molecule has 160 valence electrons. The largest absolute Gasteiger partial charge is 0.465 e. The van der Waals surface area contributed by atoms with Crippen molar-refractivity contribution in [2.45, 2.75) is 6.92 Å². The van der Waals surface area contributed by atoms with Crippen molar-refractivity contribution in [2.24, 2.45) is 0 Å². The molecule has 3 aromatic rings. The van der Waals surface area contributed by atoms with E-state index in [4.69, 9.17) is 39.5 Å². The third kappa shape index (κ3) is 5.02. The van der Waals surface area contributed by atoms with Gasteiger partial charge in [0.05, 0.1) is 38.8 Å². The first kappa shape index (κ1) is 23.1. The second-order valence-electron chi connectivity index (χ2n) is 6.26. The summed E-state index contributed by atoms with van der Waals surface area (Å²) in [5, 5.41) is 6.43. The highest BCUT2D eigenvalue weighted by Crippen LogP contribution is 2.35. The Bertz CT molecular complexity index is 1190. The summed E-state index contributed by atoms with van der Waals surface area (Å²) in [5.41, 5.74) is 0.966.